The maximum Gasteiger partial charge on any atom is 0.404 e. The quantitative estimate of drug-likeness (QED) is 0.345. The molecule has 90 valence electrons. The van der Waals surface area contributed by atoms with Crippen LogP contribution in [0.4, 0.5) is 4.79 Å². The van der Waals surface area contributed by atoms with Gasteiger partial charge in [0.1, 0.15) is 18.0 Å². The van der Waals surface area contributed by atoms with Gasteiger partial charge < -0.3 is 21.1 Å². The zero-order valence-corrected chi connectivity index (χ0v) is 9.24. The number of hydrogen-bond donors (Lipinski definition) is 3. The lowest BCUT2D eigenvalue weighted by molar-refractivity contribution is -0.121. The molecule has 8 heteroatoms. The van der Waals surface area contributed by atoms with E-state index in [1.165, 1.54) is 4.90 Å². The SMILES string of the molecule is N=C(CCl)N1C[C@H](OC(N)=O)C[C@H]1C(N)=O. The summed E-state index contributed by atoms with van der Waals surface area (Å²) in [6.45, 7) is 0.210. The molecule has 2 amide bonds. The number of carbonyl (C=O) groups is 2. The minimum absolute atomic E-state index is 0.0347. The van der Waals surface area contributed by atoms with Crippen LogP contribution in [0, 0.1) is 5.41 Å². The van der Waals surface area contributed by atoms with Crippen molar-refractivity contribution in [3.63, 3.8) is 0 Å². The first-order chi connectivity index (χ1) is 7.45. The Labute approximate surface area is 97.2 Å². The van der Waals surface area contributed by atoms with Crippen LogP contribution in [0.1, 0.15) is 6.42 Å². The van der Waals surface area contributed by atoms with Crippen LogP contribution in [-0.4, -0.2) is 47.3 Å². The molecule has 1 aliphatic rings. The van der Waals surface area contributed by atoms with Gasteiger partial charge in [-0.15, -0.1) is 11.6 Å². The highest BCUT2D eigenvalue weighted by Crippen LogP contribution is 2.20. The predicted molar refractivity (Wildman–Crippen MR) is 57.2 cm³/mol. The number of alkyl halides is 1. The normalized spacial score (nSPS) is 24.2. The van der Waals surface area contributed by atoms with Crippen LogP contribution in [0.5, 0.6) is 0 Å². The maximum absolute atomic E-state index is 11.1. The number of nitrogens with one attached hydrogen (secondary N) is 1. The van der Waals surface area contributed by atoms with Gasteiger partial charge in [-0.1, -0.05) is 0 Å². The van der Waals surface area contributed by atoms with Crippen LogP contribution in [0.3, 0.4) is 0 Å². The summed E-state index contributed by atoms with van der Waals surface area (Å²) in [6, 6.07) is -0.671. The lowest BCUT2D eigenvalue weighted by Gasteiger charge is -2.22. The van der Waals surface area contributed by atoms with Crippen molar-refractivity contribution in [2.24, 2.45) is 11.5 Å². The molecule has 1 rings (SSSR count). The Morgan fingerprint density at radius 1 is 1.50 bits per heavy atom. The Balaban J connectivity index is 2.71. The minimum atomic E-state index is -0.910. The fraction of sp³-hybridized carbons (Fsp3) is 0.625. The number of halogens is 1. The molecule has 0 spiro atoms. The highest BCUT2D eigenvalue weighted by Gasteiger charge is 2.38. The number of nitrogens with zero attached hydrogens (tertiary/aromatic N) is 1. The van der Waals surface area contributed by atoms with Gasteiger partial charge in [-0.3, -0.25) is 10.2 Å². The van der Waals surface area contributed by atoms with Gasteiger partial charge in [0.2, 0.25) is 5.91 Å². The van der Waals surface area contributed by atoms with Crippen molar-refractivity contribution in [1.82, 2.24) is 4.90 Å². The Bertz CT molecular complexity index is 322. The fourth-order valence-electron chi connectivity index (χ4n) is 1.69. The van der Waals surface area contributed by atoms with E-state index in [0.717, 1.165) is 0 Å². The molecule has 1 heterocycles. The second-order valence-electron chi connectivity index (χ2n) is 3.45. The number of carbonyl (C=O) groups excluding carboxylic acids is 2. The van der Waals surface area contributed by atoms with Crippen LogP contribution in [-0.2, 0) is 9.53 Å². The Morgan fingerprint density at radius 2 is 2.12 bits per heavy atom. The molecule has 0 aromatic rings. The molecule has 0 aromatic carbocycles. The largest absolute Gasteiger partial charge is 0.444 e. The van der Waals surface area contributed by atoms with Crippen molar-refractivity contribution >= 4 is 29.4 Å². The third kappa shape index (κ3) is 2.75. The summed E-state index contributed by atoms with van der Waals surface area (Å²) in [7, 11) is 0. The van der Waals surface area contributed by atoms with Crippen molar-refractivity contribution in [2.75, 3.05) is 12.4 Å². The van der Waals surface area contributed by atoms with Crippen LogP contribution in [0.25, 0.3) is 0 Å². The molecular formula is C8H13ClN4O3. The van der Waals surface area contributed by atoms with Gasteiger partial charge in [0.25, 0.3) is 0 Å². The Kier molecular flexibility index (Phi) is 3.94. The fourth-order valence-corrected chi connectivity index (χ4v) is 1.85. The molecule has 5 N–H and O–H groups in total. The molecule has 1 aliphatic heterocycles. The zero-order valence-electron chi connectivity index (χ0n) is 8.48. The standard InChI is InChI=1S/C8H13ClN4O3/c9-2-6(10)13-3-4(16-8(12)15)1-5(13)7(11)14/h4-5,10H,1-3H2,(H2,11,14)(H2,12,15)/t4-,5+/m1/s1. The number of nitrogens with two attached hydrogens (primary N) is 2. The lowest BCUT2D eigenvalue weighted by atomic mass is 10.2. The van der Waals surface area contributed by atoms with Crippen LogP contribution in [0.15, 0.2) is 0 Å². The molecule has 0 saturated carbocycles. The molecular weight excluding hydrogens is 236 g/mol. The maximum atomic E-state index is 11.1. The summed E-state index contributed by atoms with van der Waals surface area (Å²) in [5, 5.41) is 7.55. The molecule has 7 nitrogen and oxygen atoms in total. The number of amidine groups is 1. The topological polar surface area (TPSA) is 122 Å². The summed E-state index contributed by atoms with van der Waals surface area (Å²) in [5.74, 6) is -0.543. The molecule has 0 bridgehead atoms. The van der Waals surface area contributed by atoms with Gasteiger partial charge in [0.05, 0.1) is 12.4 Å². The molecule has 0 radical (unpaired) electrons. The number of rotatable bonds is 3. The first kappa shape index (κ1) is 12.6. The van der Waals surface area contributed by atoms with Crippen molar-refractivity contribution in [2.45, 2.75) is 18.6 Å². The molecule has 0 aromatic heterocycles. The van der Waals surface area contributed by atoms with Gasteiger partial charge in [-0.25, -0.2) is 4.79 Å². The van der Waals surface area contributed by atoms with E-state index in [-0.39, 0.29) is 24.7 Å². The lowest BCUT2D eigenvalue weighted by Crippen LogP contribution is -2.44. The highest BCUT2D eigenvalue weighted by molar-refractivity contribution is 6.27. The second kappa shape index (κ2) is 5.02. The van der Waals surface area contributed by atoms with Crippen molar-refractivity contribution in [3.8, 4) is 0 Å². The molecule has 0 unspecified atom stereocenters. The van der Waals surface area contributed by atoms with Gasteiger partial charge in [0, 0.05) is 6.42 Å². The summed E-state index contributed by atoms with van der Waals surface area (Å²) < 4.78 is 4.77. The number of ether oxygens (including phenoxy) is 1. The minimum Gasteiger partial charge on any atom is -0.444 e. The number of amides is 2. The summed E-state index contributed by atoms with van der Waals surface area (Å²) >= 11 is 5.50. The van der Waals surface area contributed by atoms with Gasteiger partial charge in [-0.05, 0) is 0 Å². The van der Waals surface area contributed by atoms with Crippen molar-refractivity contribution < 1.29 is 14.3 Å². The van der Waals surface area contributed by atoms with Crippen LogP contribution < -0.4 is 11.5 Å². The van der Waals surface area contributed by atoms with Gasteiger partial charge in [-0.2, -0.15) is 0 Å². The van der Waals surface area contributed by atoms with Crippen molar-refractivity contribution in [3.05, 3.63) is 0 Å². The summed E-state index contributed by atoms with van der Waals surface area (Å²) in [4.78, 5) is 23.1. The first-order valence-electron chi connectivity index (χ1n) is 4.61. The van der Waals surface area contributed by atoms with E-state index in [1.807, 2.05) is 0 Å². The zero-order chi connectivity index (χ0) is 12.3. The Hall–Kier alpha value is -1.50. The molecule has 1 saturated heterocycles. The van der Waals surface area contributed by atoms with Crippen LogP contribution >= 0.6 is 11.6 Å². The van der Waals surface area contributed by atoms with E-state index < -0.39 is 24.1 Å². The van der Waals surface area contributed by atoms with Gasteiger partial charge in [0.15, 0.2) is 0 Å². The highest BCUT2D eigenvalue weighted by atomic mass is 35.5. The number of hydrogen-bond acceptors (Lipinski definition) is 4. The third-order valence-electron chi connectivity index (χ3n) is 2.35. The molecule has 1 fully saturated rings. The number of likely N-dealkylation sites (tertiary alicyclic amines) is 1. The first-order valence-corrected chi connectivity index (χ1v) is 5.14. The average Bonchev–Trinajstić information content (AvgIpc) is 2.59. The predicted octanol–water partition coefficient (Wildman–Crippen LogP) is -0.774. The monoisotopic (exact) mass is 248 g/mol. The Morgan fingerprint density at radius 3 is 2.56 bits per heavy atom. The van der Waals surface area contributed by atoms with Gasteiger partial charge >= 0.3 is 6.09 Å². The second-order valence-corrected chi connectivity index (χ2v) is 3.71. The number of primary amides is 2. The average molecular weight is 249 g/mol. The third-order valence-corrected chi connectivity index (χ3v) is 2.60. The van der Waals surface area contributed by atoms with E-state index in [1.54, 1.807) is 0 Å². The molecule has 2 atom stereocenters. The van der Waals surface area contributed by atoms with E-state index in [2.05, 4.69) is 0 Å². The van der Waals surface area contributed by atoms with Crippen LogP contribution in [0.2, 0.25) is 0 Å². The van der Waals surface area contributed by atoms with Crippen molar-refractivity contribution in [1.29, 1.82) is 5.41 Å². The smallest absolute Gasteiger partial charge is 0.404 e. The van der Waals surface area contributed by atoms with E-state index in [9.17, 15) is 9.59 Å². The molecule has 0 aliphatic carbocycles. The van der Waals surface area contributed by atoms with E-state index >= 15 is 0 Å². The summed E-state index contributed by atoms with van der Waals surface area (Å²) in [5.41, 5.74) is 10.1. The molecule has 16 heavy (non-hydrogen) atoms. The van der Waals surface area contributed by atoms with E-state index in [4.69, 9.17) is 33.2 Å². The van der Waals surface area contributed by atoms with E-state index in [0.29, 0.717) is 0 Å². The summed E-state index contributed by atoms with van der Waals surface area (Å²) in [6.07, 6.45) is -1.21.